The Kier molecular flexibility index (Phi) is 5.16. The molecule has 0 atom stereocenters. The molecule has 0 radical (unpaired) electrons. The Morgan fingerprint density at radius 1 is 1.18 bits per heavy atom. The Balaban J connectivity index is 2.38. The molecule has 0 saturated carbocycles. The van der Waals surface area contributed by atoms with Crippen LogP contribution in [-0.4, -0.2) is 25.7 Å². The zero-order valence-electron chi connectivity index (χ0n) is 11.9. The van der Waals surface area contributed by atoms with Crippen molar-refractivity contribution in [1.82, 2.24) is 10.6 Å². The zero-order chi connectivity index (χ0) is 12.9. The molecule has 0 unspecified atom stereocenters. The molecule has 0 fully saturated rings. The van der Waals surface area contributed by atoms with E-state index in [0.29, 0.717) is 0 Å². The second-order valence-electron chi connectivity index (χ2n) is 5.49. The molecule has 96 valence electrons. The van der Waals surface area contributed by atoms with Crippen molar-refractivity contribution in [3.8, 4) is 0 Å². The Hall–Kier alpha value is -0.860. The van der Waals surface area contributed by atoms with E-state index in [4.69, 9.17) is 0 Å². The summed E-state index contributed by atoms with van der Waals surface area (Å²) in [6.45, 7) is 10.8. The number of nitrogens with one attached hydrogen (secondary N) is 2. The average molecular weight is 234 g/mol. The minimum absolute atomic E-state index is 0.168. The molecule has 0 saturated heterocycles. The third-order valence-electron chi connectivity index (χ3n) is 3.32. The Morgan fingerprint density at radius 2 is 1.88 bits per heavy atom. The first-order chi connectivity index (χ1) is 7.94. The SMILES string of the molecule is CNC(C)(C)CNCCc1cc(C)ccc1C. The van der Waals surface area contributed by atoms with Gasteiger partial charge in [-0.05, 0) is 58.8 Å². The maximum atomic E-state index is 3.51. The quantitative estimate of drug-likeness (QED) is 0.739. The first-order valence-corrected chi connectivity index (χ1v) is 6.40. The highest BCUT2D eigenvalue weighted by atomic mass is 15.0. The van der Waals surface area contributed by atoms with E-state index in [1.54, 1.807) is 0 Å². The summed E-state index contributed by atoms with van der Waals surface area (Å²) in [5.41, 5.74) is 4.37. The van der Waals surface area contributed by atoms with Gasteiger partial charge < -0.3 is 10.6 Å². The fraction of sp³-hybridized carbons (Fsp3) is 0.600. The van der Waals surface area contributed by atoms with Gasteiger partial charge in [-0.2, -0.15) is 0 Å². The highest BCUT2D eigenvalue weighted by molar-refractivity contribution is 5.30. The number of benzene rings is 1. The standard InChI is InChI=1S/C15H26N2/c1-12-6-7-13(2)14(10-12)8-9-17-11-15(3,4)16-5/h6-7,10,16-17H,8-9,11H2,1-5H3. The third kappa shape index (κ3) is 4.88. The van der Waals surface area contributed by atoms with E-state index < -0.39 is 0 Å². The maximum absolute atomic E-state index is 3.51. The van der Waals surface area contributed by atoms with Crippen molar-refractivity contribution >= 4 is 0 Å². The van der Waals surface area contributed by atoms with Crippen LogP contribution in [0.2, 0.25) is 0 Å². The van der Waals surface area contributed by atoms with Crippen molar-refractivity contribution in [3.05, 3.63) is 34.9 Å². The monoisotopic (exact) mass is 234 g/mol. The van der Waals surface area contributed by atoms with Crippen molar-refractivity contribution in [2.24, 2.45) is 0 Å². The van der Waals surface area contributed by atoms with Crippen LogP contribution in [0, 0.1) is 13.8 Å². The molecular weight excluding hydrogens is 208 g/mol. The van der Waals surface area contributed by atoms with Gasteiger partial charge in [-0.1, -0.05) is 23.8 Å². The van der Waals surface area contributed by atoms with Gasteiger partial charge in [-0.25, -0.2) is 0 Å². The van der Waals surface area contributed by atoms with Crippen LogP contribution in [-0.2, 0) is 6.42 Å². The van der Waals surface area contributed by atoms with Crippen molar-refractivity contribution in [2.45, 2.75) is 39.7 Å². The Morgan fingerprint density at radius 3 is 2.53 bits per heavy atom. The minimum Gasteiger partial charge on any atom is -0.315 e. The fourth-order valence-electron chi connectivity index (χ4n) is 1.78. The highest BCUT2D eigenvalue weighted by Crippen LogP contribution is 2.10. The minimum atomic E-state index is 0.168. The molecule has 1 aromatic rings. The molecule has 0 aliphatic rings. The van der Waals surface area contributed by atoms with Gasteiger partial charge in [-0.15, -0.1) is 0 Å². The van der Waals surface area contributed by atoms with Crippen molar-refractivity contribution in [1.29, 1.82) is 0 Å². The highest BCUT2D eigenvalue weighted by Gasteiger charge is 2.12. The molecule has 2 N–H and O–H groups in total. The largest absolute Gasteiger partial charge is 0.315 e. The van der Waals surface area contributed by atoms with Crippen molar-refractivity contribution in [2.75, 3.05) is 20.1 Å². The molecular formula is C15H26N2. The van der Waals surface area contributed by atoms with Gasteiger partial charge in [0.1, 0.15) is 0 Å². The van der Waals surface area contributed by atoms with Gasteiger partial charge in [0.25, 0.3) is 0 Å². The first kappa shape index (κ1) is 14.2. The van der Waals surface area contributed by atoms with Gasteiger partial charge >= 0.3 is 0 Å². The molecule has 1 rings (SSSR count). The molecule has 17 heavy (non-hydrogen) atoms. The molecule has 0 aliphatic carbocycles. The lowest BCUT2D eigenvalue weighted by atomic mass is 10.0. The van der Waals surface area contributed by atoms with Crippen LogP contribution in [0.3, 0.4) is 0 Å². The Bertz CT molecular complexity index is 356. The van der Waals surface area contributed by atoms with Crippen LogP contribution >= 0.6 is 0 Å². The lowest BCUT2D eigenvalue weighted by Gasteiger charge is -2.24. The number of rotatable bonds is 6. The van der Waals surface area contributed by atoms with E-state index in [0.717, 1.165) is 19.5 Å². The summed E-state index contributed by atoms with van der Waals surface area (Å²) in [5, 5.41) is 6.81. The van der Waals surface area contributed by atoms with Gasteiger partial charge in [0.15, 0.2) is 0 Å². The van der Waals surface area contributed by atoms with Crippen LogP contribution < -0.4 is 10.6 Å². The Labute approximate surface area is 106 Å². The van der Waals surface area contributed by atoms with Gasteiger partial charge in [0.2, 0.25) is 0 Å². The second kappa shape index (κ2) is 6.18. The normalized spacial score (nSPS) is 11.8. The lowest BCUT2D eigenvalue weighted by molar-refractivity contribution is 0.395. The van der Waals surface area contributed by atoms with Crippen molar-refractivity contribution in [3.63, 3.8) is 0 Å². The second-order valence-corrected chi connectivity index (χ2v) is 5.49. The third-order valence-corrected chi connectivity index (χ3v) is 3.32. The molecule has 0 aliphatic heterocycles. The zero-order valence-corrected chi connectivity index (χ0v) is 11.9. The number of hydrogen-bond donors (Lipinski definition) is 2. The van der Waals surface area contributed by atoms with Gasteiger partial charge in [0, 0.05) is 12.1 Å². The van der Waals surface area contributed by atoms with Crippen LogP contribution in [0.1, 0.15) is 30.5 Å². The molecule has 0 amide bonds. The number of hydrogen-bond acceptors (Lipinski definition) is 2. The van der Waals surface area contributed by atoms with E-state index >= 15 is 0 Å². The molecule has 1 aromatic carbocycles. The smallest absolute Gasteiger partial charge is 0.0246 e. The van der Waals surface area contributed by atoms with Gasteiger partial charge in [0.05, 0.1) is 0 Å². The maximum Gasteiger partial charge on any atom is 0.0246 e. The summed E-state index contributed by atoms with van der Waals surface area (Å²) in [4.78, 5) is 0. The summed E-state index contributed by atoms with van der Waals surface area (Å²) in [7, 11) is 2.01. The summed E-state index contributed by atoms with van der Waals surface area (Å²) in [6, 6.07) is 6.68. The molecule has 2 heteroatoms. The van der Waals surface area contributed by atoms with Crippen LogP contribution in [0.15, 0.2) is 18.2 Å². The molecule has 0 aromatic heterocycles. The van der Waals surface area contributed by atoms with E-state index in [1.807, 2.05) is 7.05 Å². The molecule has 0 bridgehead atoms. The summed E-state index contributed by atoms with van der Waals surface area (Å²) in [5.74, 6) is 0. The van der Waals surface area contributed by atoms with E-state index in [9.17, 15) is 0 Å². The van der Waals surface area contributed by atoms with Crippen LogP contribution in [0.5, 0.6) is 0 Å². The van der Waals surface area contributed by atoms with Crippen molar-refractivity contribution < 1.29 is 0 Å². The predicted molar refractivity (Wildman–Crippen MR) is 75.6 cm³/mol. The van der Waals surface area contributed by atoms with E-state index in [1.165, 1.54) is 16.7 Å². The topological polar surface area (TPSA) is 24.1 Å². The first-order valence-electron chi connectivity index (χ1n) is 6.40. The summed E-state index contributed by atoms with van der Waals surface area (Å²) >= 11 is 0. The number of aryl methyl sites for hydroxylation is 2. The molecule has 0 heterocycles. The summed E-state index contributed by atoms with van der Waals surface area (Å²) < 4.78 is 0. The van der Waals surface area contributed by atoms with Crippen LogP contribution in [0.4, 0.5) is 0 Å². The number of likely N-dealkylation sites (N-methyl/N-ethyl adjacent to an activating group) is 1. The molecule has 0 spiro atoms. The molecule has 2 nitrogen and oxygen atoms in total. The average Bonchev–Trinajstić information content (AvgIpc) is 2.29. The van der Waals surface area contributed by atoms with Gasteiger partial charge in [-0.3, -0.25) is 0 Å². The lowest BCUT2D eigenvalue weighted by Crippen LogP contribution is -2.46. The van der Waals surface area contributed by atoms with E-state index in [-0.39, 0.29) is 5.54 Å². The van der Waals surface area contributed by atoms with Crippen LogP contribution in [0.25, 0.3) is 0 Å². The summed E-state index contributed by atoms with van der Waals surface area (Å²) in [6.07, 6.45) is 1.10. The predicted octanol–water partition coefficient (Wildman–Crippen LogP) is 2.43. The van der Waals surface area contributed by atoms with E-state index in [2.05, 4.69) is 56.5 Å². The fourth-order valence-corrected chi connectivity index (χ4v) is 1.78.